The number of esters is 1. The predicted molar refractivity (Wildman–Crippen MR) is 91.9 cm³/mol. The van der Waals surface area contributed by atoms with Crippen molar-refractivity contribution in [1.29, 1.82) is 0 Å². The van der Waals surface area contributed by atoms with Gasteiger partial charge in [0.25, 0.3) is 0 Å². The van der Waals surface area contributed by atoms with Crippen LogP contribution < -0.4 is 40.2 Å². The fourth-order valence-corrected chi connectivity index (χ4v) is 3.34. The fourth-order valence-electron chi connectivity index (χ4n) is 2.26. The molecule has 142 valence electrons. The third kappa shape index (κ3) is 6.46. The van der Waals surface area contributed by atoms with Crippen molar-refractivity contribution >= 4 is 33.7 Å². The Morgan fingerprint density at radius 1 is 1.41 bits per heavy atom. The third-order valence-electron chi connectivity index (χ3n) is 3.44. The van der Waals surface area contributed by atoms with E-state index in [-0.39, 0.29) is 54.4 Å². The molecule has 1 aromatic rings. The Morgan fingerprint density at radius 3 is 2.70 bits per heavy atom. The molecule has 1 atom stereocenters. The molecule has 0 bridgehead atoms. The van der Waals surface area contributed by atoms with Crippen LogP contribution in [-0.4, -0.2) is 48.5 Å². The number of rotatable bonds is 7. The summed E-state index contributed by atoms with van der Waals surface area (Å²) in [7, 11) is -4.80. The zero-order valence-electron chi connectivity index (χ0n) is 14.8. The quantitative estimate of drug-likeness (QED) is 0.291. The number of nitrogens with one attached hydrogen (secondary N) is 2. The van der Waals surface area contributed by atoms with E-state index in [1.54, 1.807) is 31.2 Å². The number of carbonyl (C=O) groups excluding carboxylic acids is 2. The van der Waals surface area contributed by atoms with Gasteiger partial charge < -0.3 is 14.6 Å². The second kappa shape index (κ2) is 10.4. The molecule has 0 fully saturated rings. The first-order valence-electron chi connectivity index (χ1n) is 7.58. The maximum Gasteiger partial charge on any atom is 1.00 e. The van der Waals surface area contributed by atoms with Crippen molar-refractivity contribution in [2.75, 3.05) is 13.3 Å². The zero-order valence-corrected chi connectivity index (χ0v) is 18.3. The minimum atomic E-state index is -4.80. The minimum Gasteiger partial charge on any atom is -0.746 e. The molecule has 0 aliphatic carbocycles. The Hall–Kier alpha value is -1.14. The summed E-state index contributed by atoms with van der Waals surface area (Å²) in [5.74, 6) is -0.452. The largest absolute Gasteiger partial charge is 1.00 e. The van der Waals surface area contributed by atoms with Crippen molar-refractivity contribution in [3.05, 3.63) is 46.6 Å². The number of halogens is 1. The van der Waals surface area contributed by atoms with Crippen molar-refractivity contribution in [3.8, 4) is 0 Å². The van der Waals surface area contributed by atoms with Crippen molar-refractivity contribution in [2.24, 2.45) is 0 Å². The van der Waals surface area contributed by atoms with Crippen LogP contribution in [0, 0.1) is 0 Å². The van der Waals surface area contributed by atoms with Gasteiger partial charge in [-0.3, -0.25) is 10.2 Å². The minimum absolute atomic E-state index is 0. The van der Waals surface area contributed by atoms with Crippen LogP contribution in [0.15, 0.2) is 35.5 Å². The Morgan fingerprint density at radius 2 is 2.07 bits per heavy atom. The van der Waals surface area contributed by atoms with Crippen LogP contribution in [0.2, 0.25) is 0 Å². The van der Waals surface area contributed by atoms with Gasteiger partial charge in [-0.1, -0.05) is 29.8 Å². The molecule has 2 amide bonds. The Labute approximate surface area is 184 Å². The second-order valence-electron chi connectivity index (χ2n) is 5.27. The summed E-state index contributed by atoms with van der Waals surface area (Å²) >= 11 is 5.76. The van der Waals surface area contributed by atoms with E-state index in [1.165, 1.54) is 0 Å². The van der Waals surface area contributed by atoms with Gasteiger partial charge in [0.2, 0.25) is 0 Å². The van der Waals surface area contributed by atoms with Gasteiger partial charge in [0, 0.05) is 12.7 Å². The molecule has 9 nitrogen and oxygen atoms in total. The molecule has 0 saturated heterocycles. The summed E-state index contributed by atoms with van der Waals surface area (Å²) in [6.45, 7) is 2.18. The van der Waals surface area contributed by atoms with Gasteiger partial charge >= 0.3 is 41.6 Å². The molecule has 0 aromatic heterocycles. The molecule has 27 heavy (non-hydrogen) atoms. The molecule has 1 aliphatic heterocycles. The van der Waals surface area contributed by atoms with Gasteiger partial charge in [-0.2, -0.15) is 0 Å². The SMILES string of the molecule is CCOC(=O)c1ccccc1CNCN1C=C(Cl)C(S(=O)(=O)[O-])NC1=O.[Na+]. The first-order chi connectivity index (χ1) is 12.2. The first kappa shape index (κ1) is 23.9. The van der Waals surface area contributed by atoms with Crippen LogP contribution in [-0.2, 0) is 21.4 Å². The van der Waals surface area contributed by atoms with Gasteiger partial charge in [-0.25, -0.2) is 18.0 Å². The molecule has 2 rings (SSSR count). The van der Waals surface area contributed by atoms with E-state index in [0.29, 0.717) is 11.1 Å². The number of hydrogen-bond donors (Lipinski definition) is 2. The van der Waals surface area contributed by atoms with Gasteiger partial charge in [-0.15, -0.1) is 0 Å². The van der Waals surface area contributed by atoms with E-state index in [1.807, 2.05) is 5.32 Å². The van der Waals surface area contributed by atoms with Crippen molar-refractivity contribution in [2.45, 2.75) is 18.8 Å². The number of ether oxygens (including phenoxy) is 1. The van der Waals surface area contributed by atoms with Crippen LogP contribution in [0.3, 0.4) is 0 Å². The summed E-state index contributed by atoms with van der Waals surface area (Å²) in [5, 5.41) is 2.86. The fraction of sp³-hybridized carbons (Fsp3) is 0.333. The summed E-state index contributed by atoms with van der Waals surface area (Å²) in [4.78, 5) is 24.9. The number of carbonyl (C=O) groups is 2. The number of nitrogens with zero attached hydrogens (tertiary/aromatic N) is 1. The van der Waals surface area contributed by atoms with E-state index in [2.05, 4.69) is 5.32 Å². The molecule has 12 heteroatoms. The Balaban J connectivity index is 0.00000364. The maximum atomic E-state index is 11.9. The molecule has 0 spiro atoms. The molecular formula is C15H17ClN3NaO6S. The first-order valence-corrected chi connectivity index (χ1v) is 9.43. The number of benzene rings is 1. The smallest absolute Gasteiger partial charge is 0.746 e. The van der Waals surface area contributed by atoms with Crippen LogP contribution >= 0.6 is 11.6 Å². The summed E-state index contributed by atoms with van der Waals surface area (Å²) < 4.78 is 38.1. The topological polar surface area (TPSA) is 128 Å². The summed E-state index contributed by atoms with van der Waals surface area (Å²) in [5.41, 5.74) is 1.06. The van der Waals surface area contributed by atoms with Crippen molar-refractivity contribution in [1.82, 2.24) is 15.5 Å². The average molecular weight is 426 g/mol. The van der Waals surface area contributed by atoms with Crippen molar-refractivity contribution < 1.29 is 56.9 Å². The Bertz CT molecular complexity index is 833. The van der Waals surface area contributed by atoms with E-state index in [4.69, 9.17) is 16.3 Å². The third-order valence-corrected chi connectivity index (χ3v) is 4.84. The summed E-state index contributed by atoms with van der Waals surface area (Å²) in [6.07, 6.45) is 1.07. The summed E-state index contributed by atoms with van der Waals surface area (Å²) in [6, 6.07) is 6.04. The molecular weight excluding hydrogens is 409 g/mol. The maximum absolute atomic E-state index is 11.9. The second-order valence-corrected chi connectivity index (χ2v) is 7.16. The molecule has 2 N–H and O–H groups in total. The van der Waals surface area contributed by atoms with Gasteiger partial charge in [0.15, 0.2) is 5.37 Å². The van der Waals surface area contributed by atoms with Crippen molar-refractivity contribution in [3.63, 3.8) is 0 Å². The average Bonchev–Trinajstić information content (AvgIpc) is 2.57. The predicted octanol–water partition coefficient (Wildman–Crippen LogP) is -2.11. The van der Waals surface area contributed by atoms with Crippen LogP contribution in [0.5, 0.6) is 0 Å². The molecule has 1 heterocycles. The van der Waals surface area contributed by atoms with Gasteiger partial charge in [-0.05, 0) is 18.6 Å². The normalized spacial score (nSPS) is 16.9. The van der Waals surface area contributed by atoms with Crippen LogP contribution in [0.1, 0.15) is 22.8 Å². The van der Waals surface area contributed by atoms with Crippen LogP contribution in [0.4, 0.5) is 4.79 Å². The van der Waals surface area contributed by atoms with Gasteiger partial charge in [0.05, 0.1) is 23.9 Å². The molecule has 0 saturated carbocycles. The van der Waals surface area contributed by atoms with E-state index in [0.717, 1.165) is 11.1 Å². The number of amides is 2. The Kier molecular flexibility index (Phi) is 9.22. The standard InChI is InChI=1S/C15H18ClN3O6S.Na/c1-2-25-14(20)11-6-4-3-5-10(11)7-17-9-19-8-12(16)13(18-15(19)21)26(22,23)24;/h3-6,8,13,17H,2,7,9H2,1H3,(H,18,21)(H,22,23,24);/q;+1/p-1. The molecule has 1 aliphatic rings. The number of hydrogen-bond acceptors (Lipinski definition) is 7. The van der Waals surface area contributed by atoms with E-state index < -0.39 is 27.5 Å². The van der Waals surface area contributed by atoms with Gasteiger partial charge in [0.1, 0.15) is 10.1 Å². The van der Waals surface area contributed by atoms with Crippen LogP contribution in [0.25, 0.3) is 0 Å². The molecule has 1 unspecified atom stereocenters. The van der Waals surface area contributed by atoms with E-state index >= 15 is 0 Å². The number of urea groups is 1. The van der Waals surface area contributed by atoms with E-state index in [9.17, 15) is 22.6 Å². The molecule has 0 radical (unpaired) electrons. The molecule has 1 aromatic carbocycles. The monoisotopic (exact) mass is 425 g/mol. The zero-order chi connectivity index (χ0) is 19.3.